The third-order valence-corrected chi connectivity index (χ3v) is 6.60. The summed E-state index contributed by atoms with van der Waals surface area (Å²) in [6.07, 6.45) is 0.756. The summed E-state index contributed by atoms with van der Waals surface area (Å²) in [5, 5.41) is 9.85. The Hall–Kier alpha value is -2.61. The molecule has 196 valence electrons. The maximum absolute atomic E-state index is 12.4. The van der Waals surface area contributed by atoms with Crippen molar-refractivity contribution in [2.24, 2.45) is 5.92 Å². The van der Waals surface area contributed by atoms with Crippen LogP contribution in [0.15, 0.2) is 0 Å². The van der Waals surface area contributed by atoms with E-state index in [9.17, 15) is 29.1 Å². The Morgan fingerprint density at radius 3 is 1.94 bits per heavy atom. The van der Waals surface area contributed by atoms with Gasteiger partial charge in [-0.25, -0.2) is 4.79 Å². The highest BCUT2D eigenvalue weighted by Gasteiger charge is 2.33. The maximum Gasteiger partial charge on any atom is 0.333 e. The van der Waals surface area contributed by atoms with Crippen LogP contribution in [0.3, 0.4) is 0 Å². The van der Waals surface area contributed by atoms with Crippen molar-refractivity contribution in [2.45, 2.75) is 25.7 Å². The molecule has 0 spiro atoms. The predicted molar refractivity (Wildman–Crippen MR) is 120 cm³/mol. The van der Waals surface area contributed by atoms with Crippen molar-refractivity contribution in [3.63, 3.8) is 0 Å². The van der Waals surface area contributed by atoms with Crippen molar-refractivity contribution in [1.82, 2.24) is 24.7 Å². The van der Waals surface area contributed by atoms with Gasteiger partial charge in [0.1, 0.15) is 6.73 Å². The molecule has 3 rings (SSSR count). The molecular formula is C22H35N5O8. The molecule has 0 aromatic carbocycles. The van der Waals surface area contributed by atoms with Crippen LogP contribution in [-0.2, 0) is 33.5 Å². The normalized spacial score (nSPS) is 27.1. The van der Waals surface area contributed by atoms with Crippen molar-refractivity contribution in [1.29, 1.82) is 0 Å². The van der Waals surface area contributed by atoms with Crippen molar-refractivity contribution in [3.05, 3.63) is 0 Å². The Morgan fingerprint density at radius 2 is 1.43 bits per heavy atom. The quantitative estimate of drug-likeness (QED) is 0.291. The molecule has 3 aliphatic heterocycles. The van der Waals surface area contributed by atoms with Crippen LogP contribution in [0.1, 0.15) is 25.7 Å². The number of aliphatic carboxylic acids is 1. The van der Waals surface area contributed by atoms with Crippen LogP contribution in [0.5, 0.6) is 0 Å². The molecule has 0 aliphatic carbocycles. The highest BCUT2D eigenvalue weighted by atomic mass is 16.7. The average molecular weight is 498 g/mol. The number of rotatable bonds is 9. The van der Waals surface area contributed by atoms with Gasteiger partial charge in [-0.15, -0.1) is 5.06 Å². The van der Waals surface area contributed by atoms with E-state index in [1.807, 2.05) is 4.90 Å². The lowest BCUT2D eigenvalue weighted by Gasteiger charge is -2.39. The number of imide groups is 1. The molecule has 0 aromatic rings. The Kier molecular flexibility index (Phi) is 10.4. The summed E-state index contributed by atoms with van der Waals surface area (Å²) in [5.41, 5.74) is 0. The number of carbonyl (C=O) groups is 5. The topological polar surface area (TPSA) is 140 Å². The van der Waals surface area contributed by atoms with Crippen LogP contribution in [-0.4, -0.2) is 139 Å². The summed E-state index contributed by atoms with van der Waals surface area (Å²) in [5.74, 6) is -2.28. The zero-order valence-electron chi connectivity index (χ0n) is 20.0. The predicted octanol–water partition coefficient (Wildman–Crippen LogP) is -1.56. The lowest BCUT2D eigenvalue weighted by Crippen LogP contribution is -2.51. The highest BCUT2D eigenvalue weighted by molar-refractivity contribution is 6.01. The molecule has 1 N–H and O–H groups in total. The van der Waals surface area contributed by atoms with E-state index in [0.29, 0.717) is 83.4 Å². The zero-order valence-corrected chi connectivity index (χ0v) is 20.0. The molecule has 0 saturated carbocycles. The molecule has 35 heavy (non-hydrogen) atoms. The van der Waals surface area contributed by atoms with Gasteiger partial charge in [0.2, 0.25) is 0 Å². The van der Waals surface area contributed by atoms with Gasteiger partial charge in [-0.1, -0.05) is 0 Å². The fourth-order valence-electron chi connectivity index (χ4n) is 4.66. The van der Waals surface area contributed by atoms with Gasteiger partial charge in [-0.3, -0.25) is 29.0 Å². The standard InChI is InChI=1S/C22H35N5O8/c28-17-34-16-26-11-9-23-5-7-25(15-21(31)32)8-6-24(10-12-26)14-18(13-23)1-4-22(33)35-27-19(29)2-3-20(27)30/h17-18H,1-16H2,(H,31,32). The van der Waals surface area contributed by atoms with Crippen molar-refractivity contribution in [2.75, 3.05) is 78.7 Å². The van der Waals surface area contributed by atoms with E-state index < -0.39 is 23.8 Å². The lowest BCUT2D eigenvalue weighted by molar-refractivity contribution is -0.197. The Bertz CT molecular complexity index is 743. The van der Waals surface area contributed by atoms with Gasteiger partial charge in [0.15, 0.2) is 0 Å². The molecule has 13 nitrogen and oxygen atoms in total. The van der Waals surface area contributed by atoms with Crippen LogP contribution in [0.4, 0.5) is 0 Å². The van der Waals surface area contributed by atoms with Gasteiger partial charge >= 0.3 is 11.9 Å². The van der Waals surface area contributed by atoms with E-state index in [2.05, 4.69) is 14.7 Å². The van der Waals surface area contributed by atoms with Crippen LogP contribution >= 0.6 is 0 Å². The minimum Gasteiger partial charge on any atom is -0.480 e. The maximum atomic E-state index is 12.4. The third kappa shape index (κ3) is 8.84. The SMILES string of the molecule is O=COCN1CCN2CCN(CC(=O)O)CCN(CC1)CC(CCC(=O)ON1C(=O)CCC1=O)C2. The van der Waals surface area contributed by atoms with Crippen LogP contribution in [0.2, 0.25) is 0 Å². The molecule has 3 saturated heterocycles. The molecule has 2 amide bonds. The highest BCUT2D eigenvalue weighted by Crippen LogP contribution is 2.17. The van der Waals surface area contributed by atoms with Gasteiger partial charge in [0.25, 0.3) is 18.3 Å². The molecule has 3 aliphatic rings. The average Bonchev–Trinajstić information content (AvgIpc) is 3.13. The second-order valence-electron chi connectivity index (χ2n) is 9.23. The zero-order chi connectivity index (χ0) is 25.2. The van der Waals surface area contributed by atoms with Crippen LogP contribution in [0.25, 0.3) is 0 Å². The van der Waals surface area contributed by atoms with Gasteiger partial charge in [0.05, 0.1) is 6.54 Å². The van der Waals surface area contributed by atoms with Gasteiger partial charge < -0.3 is 24.5 Å². The van der Waals surface area contributed by atoms with E-state index >= 15 is 0 Å². The number of amides is 2. The van der Waals surface area contributed by atoms with E-state index in [1.54, 1.807) is 0 Å². The first kappa shape index (κ1) is 27.0. The number of hydrogen-bond donors (Lipinski definition) is 1. The molecule has 3 fully saturated rings. The third-order valence-electron chi connectivity index (χ3n) is 6.60. The van der Waals surface area contributed by atoms with Crippen molar-refractivity contribution < 1.29 is 38.7 Å². The number of hydrogen-bond acceptors (Lipinski definition) is 11. The van der Waals surface area contributed by atoms with E-state index in [1.165, 1.54) is 0 Å². The largest absolute Gasteiger partial charge is 0.480 e. The minimum atomic E-state index is -0.851. The first-order valence-corrected chi connectivity index (χ1v) is 12.1. The Labute approximate surface area is 204 Å². The summed E-state index contributed by atoms with van der Waals surface area (Å²) >= 11 is 0. The summed E-state index contributed by atoms with van der Waals surface area (Å²) in [7, 11) is 0. The monoisotopic (exact) mass is 497 g/mol. The molecule has 3 heterocycles. The molecule has 13 heteroatoms. The summed E-state index contributed by atoms with van der Waals surface area (Å²) in [4.78, 5) is 71.3. The van der Waals surface area contributed by atoms with Gasteiger partial charge in [-0.05, 0) is 12.3 Å². The van der Waals surface area contributed by atoms with E-state index in [4.69, 9.17) is 9.57 Å². The molecular weight excluding hydrogens is 462 g/mol. The Balaban J connectivity index is 1.64. The lowest BCUT2D eigenvalue weighted by atomic mass is 10.0. The van der Waals surface area contributed by atoms with Crippen molar-refractivity contribution >= 4 is 30.2 Å². The number of nitrogens with zero attached hydrogens (tertiary/aromatic N) is 5. The Morgan fingerprint density at radius 1 is 0.886 bits per heavy atom. The fraction of sp³-hybridized carbons (Fsp3) is 0.773. The van der Waals surface area contributed by atoms with Crippen LogP contribution < -0.4 is 0 Å². The first-order chi connectivity index (χ1) is 16.8. The summed E-state index contributed by atoms with van der Waals surface area (Å²) < 4.78 is 4.97. The second-order valence-corrected chi connectivity index (χ2v) is 9.23. The van der Waals surface area contributed by atoms with E-state index in [0.717, 1.165) is 0 Å². The summed E-state index contributed by atoms with van der Waals surface area (Å²) in [6, 6.07) is 0. The minimum absolute atomic E-state index is 0.00973. The number of ether oxygens (including phenoxy) is 1. The first-order valence-electron chi connectivity index (χ1n) is 12.1. The number of fused-ring (bicyclic) bond motifs is 4. The van der Waals surface area contributed by atoms with Crippen molar-refractivity contribution in [3.8, 4) is 0 Å². The molecule has 2 atom stereocenters. The summed E-state index contributed by atoms with van der Waals surface area (Å²) in [6.45, 7) is 7.43. The molecule has 2 bridgehead atoms. The number of carboxylic acids is 1. The second kappa shape index (κ2) is 13.5. The van der Waals surface area contributed by atoms with Gasteiger partial charge in [-0.2, -0.15) is 0 Å². The number of carboxylic acid groups (broad SMARTS) is 1. The number of hydroxylamine groups is 2. The van der Waals surface area contributed by atoms with E-state index in [-0.39, 0.29) is 38.5 Å². The molecule has 2 unspecified atom stereocenters. The smallest absolute Gasteiger partial charge is 0.333 e. The van der Waals surface area contributed by atoms with Gasteiger partial charge in [0, 0.05) is 84.7 Å². The molecule has 0 aromatic heterocycles. The fourth-order valence-corrected chi connectivity index (χ4v) is 4.66. The number of carbonyl (C=O) groups excluding carboxylic acids is 4. The van der Waals surface area contributed by atoms with Crippen LogP contribution in [0, 0.1) is 5.92 Å². The molecule has 0 radical (unpaired) electrons.